The van der Waals surface area contributed by atoms with Gasteiger partial charge in [-0.2, -0.15) is 4.40 Å². The van der Waals surface area contributed by atoms with Gasteiger partial charge in [-0.3, -0.25) is 0 Å². The standard InChI is InChI=1S/C14H11F2NO2S/c1-20(18,19)17-14(10-2-6-12(15)7-3-10)11-4-8-13(16)9-5-11/h2-9H,1H3. The van der Waals surface area contributed by atoms with E-state index in [0.29, 0.717) is 11.1 Å². The molecular formula is C14H11F2NO2S. The van der Waals surface area contributed by atoms with Gasteiger partial charge in [-0.1, -0.05) is 0 Å². The Balaban J connectivity index is 2.59. The first-order valence-electron chi connectivity index (χ1n) is 5.67. The van der Waals surface area contributed by atoms with Gasteiger partial charge in [-0.25, -0.2) is 17.2 Å². The molecule has 0 saturated heterocycles. The highest BCUT2D eigenvalue weighted by Gasteiger charge is 2.11. The molecule has 0 amide bonds. The monoisotopic (exact) mass is 295 g/mol. The van der Waals surface area contributed by atoms with Crippen molar-refractivity contribution in [2.24, 2.45) is 4.40 Å². The van der Waals surface area contributed by atoms with E-state index in [1.54, 1.807) is 0 Å². The summed E-state index contributed by atoms with van der Waals surface area (Å²) in [5.41, 5.74) is 1.01. The summed E-state index contributed by atoms with van der Waals surface area (Å²) in [6.07, 6.45) is 0.958. The van der Waals surface area contributed by atoms with Gasteiger partial charge < -0.3 is 0 Å². The first-order valence-corrected chi connectivity index (χ1v) is 7.52. The Morgan fingerprint density at radius 1 is 0.850 bits per heavy atom. The molecule has 2 aromatic rings. The first kappa shape index (κ1) is 14.3. The van der Waals surface area contributed by atoms with Gasteiger partial charge in [-0.05, 0) is 48.5 Å². The minimum atomic E-state index is -3.64. The summed E-state index contributed by atoms with van der Waals surface area (Å²) in [7, 11) is -3.64. The average molecular weight is 295 g/mol. The topological polar surface area (TPSA) is 46.5 Å². The van der Waals surface area contributed by atoms with Crippen LogP contribution in [0.15, 0.2) is 52.9 Å². The molecule has 0 unspecified atom stereocenters. The van der Waals surface area contributed by atoms with Crippen LogP contribution in [0.5, 0.6) is 0 Å². The van der Waals surface area contributed by atoms with Crippen LogP contribution in [0.25, 0.3) is 0 Å². The summed E-state index contributed by atoms with van der Waals surface area (Å²) in [5, 5.41) is 0. The van der Waals surface area contributed by atoms with E-state index >= 15 is 0 Å². The lowest BCUT2D eigenvalue weighted by Crippen LogP contribution is -2.07. The SMILES string of the molecule is CS(=O)(=O)N=C(c1ccc(F)cc1)c1ccc(F)cc1. The highest BCUT2D eigenvalue weighted by molar-refractivity contribution is 7.89. The maximum Gasteiger partial charge on any atom is 0.250 e. The lowest BCUT2D eigenvalue weighted by atomic mass is 10.0. The Morgan fingerprint density at radius 3 is 1.50 bits per heavy atom. The quantitative estimate of drug-likeness (QED) is 0.817. The number of sulfonamides is 1. The lowest BCUT2D eigenvalue weighted by molar-refractivity contribution is 0.604. The number of benzene rings is 2. The second-order valence-corrected chi connectivity index (χ2v) is 5.84. The summed E-state index contributed by atoms with van der Waals surface area (Å²) >= 11 is 0. The van der Waals surface area contributed by atoms with E-state index < -0.39 is 21.7 Å². The summed E-state index contributed by atoms with van der Waals surface area (Å²) in [6.45, 7) is 0. The first-order chi connectivity index (χ1) is 9.35. The van der Waals surface area contributed by atoms with Crippen LogP contribution in [-0.2, 0) is 10.0 Å². The van der Waals surface area contributed by atoms with Crippen molar-refractivity contribution in [3.05, 3.63) is 71.3 Å². The average Bonchev–Trinajstić information content (AvgIpc) is 2.37. The molecule has 0 spiro atoms. The number of hydrogen-bond acceptors (Lipinski definition) is 2. The molecule has 104 valence electrons. The Kier molecular flexibility index (Phi) is 3.94. The Bertz CT molecular complexity index is 688. The zero-order valence-electron chi connectivity index (χ0n) is 10.5. The van der Waals surface area contributed by atoms with Gasteiger partial charge in [0, 0.05) is 11.1 Å². The van der Waals surface area contributed by atoms with Crippen LogP contribution >= 0.6 is 0 Å². The summed E-state index contributed by atoms with van der Waals surface area (Å²) in [6, 6.07) is 10.5. The predicted molar refractivity (Wildman–Crippen MR) is 73.3 cm³/mol. The zero-order chi connectivity index (χ0) is 14.8. The van der Waals surface area contributed by atoms with Crippen molar-refractivity contribution in [2.45, 2.75) is 0 Å². The second-order valence-electron chi connectivity index (χ2n) is 4.19. The molecule has 0 N–H and O–H groups in total. The molecule has 6 heteroatoms. The normalized spacial score (nSPS) is 11.2. The summed E-state index contributed by atoms with van der Waals surface area (Å²) in [4.78, 5) is 0. The Hall–Kier alpha value is -2.08. The van der Waals surface area contributed by atoms with Crippen LogP contribution in [0.3, 0.4) is 0 Å². The van der Waals surface area contributed by atoms with Crippen molar-refractivity contribution >= 4 is 15.7 Å². The molecule has 0 aromatic heterocycles. The molecule has 2 aromatic carbocycles. The van der Waals surface area contributed by atoms with Crippen molar-refractivity contribution in [1.82, 2.24) is 0 Å². The van der Waals surface area contributed by atoms with Crippen LogP contribution in [0.4, 0.5) is 8.78 Å². The van der Waals surface area contributed by atoms with Gasteiger partial charge in [-0.15, -0.1) is 0 Å². The van der Waals surface area contributed by atoms with Crippen molar-refractivity contribution < 1.29 is 17.2 Å². The molecule has 0 aliphatic rings. The summed E-state index contributed by atoms with van der Waals surface area (Å²) in [5.74, 6) is -0.877. The Morgan fingerprint density at radius 2 is 1.20 bits per heavy atom. The van der Waals surface area contributed by atoms with Gasteiger partial charge in [0.1, 0.15) is 11.6 Å². The van der Waals surface area contributed by atoms with Gasteiger partial charge in [0.25, 0.3) is 10.0 Å². The van der Waals surface area contributed by atoms with Crippen molar-refractivity contribution in [3.63, 3.8) is 0 Å². The van der Waals surface area contributed by atoms with E-state index in [1.165, 1.54) is 48.5 Å². The molecule has 0 heterocycles. The third kappa shape index (κ3) is 3.71. The van der Waals surface area contributed by atoms with Crippen LogP contribution in [0, 0.1) is 11.6 Å². The van der Waals surface area contributed by atoms with Crippen LogP contribution < -0.4 is 0 Å². The number of rotatable bonds is 3. The highest BCUT2D eigenvalue weighted by atomic mass is 32.2. The fourth-order valence-electron chi connectivity index (χ4n) is 1.65. The van der Waals surface area contributed by atoms with E-state index in [1.807, 2.05) is 0 Å². The molecular weight excluding hydrogens is 284 g/mol. The number of halogens is 2. The molecule has 0 fully saturated rings. The molecule has 2 rings (SSSR count). The molecule has 0 aliphatic carbocycles. The maximum absolute atomic E-state index is 12.9. The molecule has 0 aliphatic heterocycles. The van der Waals surface area contributed by atoms with Crippen molar-refractivity contribution in [2.75, 3.05) is 6.26 Å². The number of hydrogen-bond donors (Lipinski definition) is 0. The summed E-state index contributed by atoms with van der Waals surface area (Å²) < 4.78 is 52.3. The molecule has 3 nitrogen and oxygen atoms in total. The minimum absolute atomic E-state index is 0.146. The van der Waals surface area contributed by atoms with Gasteiger partial charge >= 0.3 is 0 Å². The predicted octanol–water partition coefficient (Wildman–Crippen LogP) is 2.76. The largest absolute Gasteiger partial charge is 0.250 e. The van der Waals surface area contributed by atoms with E-state index in [2.05, 4.69) is 4.40 Å². The molecule has 0 radical (unpaired) electrons. The third-order valence-electron chi connectivity index (χ3n) is 2.49. The maximum atomic E-state index is 12.9. The molecule has 0 atom stereocenters. The third-order valence-corrected chi connectivity index (χ3v) is 3.01. The van der Waals surface area contributed by atoms with Crippen LogP contribution in [0.2, 0.25) is 0 Å². The van der Waals surface area contributed by atoms with Crippen LogP contribution in [-0.4, -0.2) is 20.4 Å². The van der Waals surface area contributed by atoms with Gasteiger partial charge in [0.2, 0.25) is 0 Å². The molecule has 0 saturated carbocycles. The van der Waals surface area contributed by atoms with E-state index in [4.69, 9.17) is 0 Å². The van der Waals surface area contributed by atoms with Crippen molar-refractivity contribution in [1.29, 1.82) is 0 Å². The fourth-order valence-corrected chi connectivity index (χ4v) is 2.20. The van der Waals surface area contributed by atoms with E-state index in [0.717, 1.165) is 6.26 Å². The van der Waals surface area contributed by atoms with Gasteiger partial charge in [0.05, 0.1) is 12.0 Å². The Labute approximate surface area is 115 Å². The molecule has 20 heavy (non-hydrogen) atoms. The smallest absolute Gasteiger partial charge is 0.207 e. The highest BCUT2D eigenvalue weighted by Crippen LogP contribution is 2.14. The number of nitrogens with zero attached hydrogens (tertiary/aromatic N) is 1. The van der Waals surface area contributed by atoms with E-state index in [9.17, 15) is 17.2 Å². The van der Waals surface area contributed by atoms with Crippen molar-refractivity contribution in [3.8, 4) is 0 Å². The lowest BCUT2D eigenvalue weighted by Gasteiger charge is -2.06. The van der Waals surface area contributed by atoms with Gasteiger partial charge in [0.15, 0.2) is 0 Å². The van der Waals surface area contributed by atoms with E-state index in [-0.39, 0.29) is 5.71 Å². The second kappa shape index (κ2) is 5.50. The molecule has 0 bridgehead atoms. The fraction of sp³-hybridized carbons (Fsp3) is 0.0714. The minimum Gasteiger partial charge on any atom is -0.207 e. The zero-order valence-corrected chi connectivity index (χ0v) is 11.4. The van der Waals surface area contributed by atoms with Crippen LogP contribution in [0.1, 0.15) is 11.1 Å².